The highest BCUT2D eigenvalue weighted by Gasteiger charge is 2.39. The van der Waals surface area contributed by atoms with Crippen molar-refractivity contribution in [3.8, 4) is 5.75 Å². The molecule has 0 saturated carbocycles. The average Bonchev–Trinajstić information content (AvgIpc) is 2.25. The molecule has 1 rings (SSSR count). The fraction of sp³-hybridized carbons (Fsp3) is 0.250. The molecular formula is C8H3F5N2O4. The number of nitro groups is 1. The number of ether oxygens (including phenoxy) is 1. The summed E-state index contributed by atoms with van der Waals surface area (Å²) in [6.07, 6.45) is -8.78. The smallest absolute Gasteiger partial charge is 0.397 e. The predicted molar refractivity (Wildman–Crippen MR) is 47.9 cm³/mol. The number of halogens is 5. The Morgan fingerprint density at radius 3 is 2.37 bits per heavy atom. The summed E-state index contributed by atoms with van der Waals surface area (Å²) in [5, 5.41) is 10.6. The largest absolute Gasteiger partial charge is 0.573 e. The van der Waals surface area contributed by atoms with Gasteiger partial charge in [0.1, 0.15) is 0 Å². The number of rotatable bonds is 4. The van der Waals surface area contributed by atoms with E-state index in [9.17, 15) is 36.9 Å². The first-order valence-corrected chi connectivity index (χ1v) is 4.33. The van der Waals surface area contributed by atoms with Crippen molar-refractivity contribution in [3.05, 3.63) is 27.6 Å². The summed E-state index contributed by atoms with van der Waals surface area (Å²) < 4.78 is 64.3. The molecule has 0 N–H and O–H groups in total. The average molecular weight is 286 g/mol. The van der Waals surface area contributed by atoms with Crippen LogP contribution in [0.4, 0.5) is 27.6 Å². The van der Waals surface area contributed by atoms with Crippen molar-refractivity contribution < 1.29 is 36.4 Å². The molecule has 0 aliphatic rings. The molecule has 0 bridgehead atoms. The van der Waals surface area contributed by atoms with Crippen molar-refractivity contribution in [2.45, 2.75) is 12.8 Å². The molecule has 19 heavy (non-hydrogen) atoms. The van der Waals surface area contributed by atoms with Crippen LogP contribution in [-0.2, 0) is 0 Å². The fourth-order valence-electron chi connectivity index (χ4n) is 1.15. The van der Waals surface area contributed by atoms with Gasteiger partial charge in [0.15, 0.2) is 12.0 Å². The zero-order valence-electron chi connectivity index (χ0n) is 8.65. The van der Waals surface area contributed by atoms with Gasteiger partial charge >= 0.3 is 12.0 Å². The Labute approximate surface area is 101 Å². The molecule has 0 spiro atoms. The van der Waals surface area contributed by atoms with Crippen LogP contribution in [0.5, 0.6) is 5.75 Å². The molecule has 0 atom stereocenters. The summed E-state index contributed by atoms with van der Waals surface area (Å²) in [5.41, 5.74) is -4.18. The highest BCUT2D eigenvalue weighted by Crippen LogP contribution is 2.39. The molecule has 0 radical (unpaired) electrons. The number of pyridine rings is 1. The van der Waals surface area contributed by atoms with Crippen LogP contribution in [-0.4, -0.2) is 22.6 Å². The van der Waals surface area contributed by atoms with Gasteiger partial charge in [0, 0.05) is 6.20 Å². The van der Waals surface area contributed by atoms with E-state index in [1.54, 1.807) is 0 Å². The molecule has 0 unspecified atom stereocenters. The Hall–Kier alpha value is -2.33. The third kappa shape index (κ3) is 3.33. The van der Waals surface area contributed by atoms with Crippen molar-refractivity contribution in [1.29, 1.82) is 0 Å². The minimum absolute atomic E-state index is 0.226. The lowest BCUT2D eigenvalue weighted by Crippen LogP contribution is -2.20. The Bertz CT molecular complexity index is 517. The van der Waals surface area contributed by atoms with Gasteiger partial charge < -0.3 is 4.74 Å². The van der Waals surface area contributed by atoms with Crippen molar-refractivity contribution in [2.75, 3.05) is 0 Å². The van der Waals surface area contributed by atoms with Crippen LogP contribution in [0.25, 0.3) is 0 Å². The Kier molecular flexibility index (Phi) is 3.97. The molecule has 0 aliphatic heterocycles. The van der Waals surface area contributed by atoms with E-state index in [4.69, 9.17) is 0 Å². The van der Waals surface area contributed by atoms with Crippen molar-refractivity contribution >= 4 is 12.0 Å². The maximum Gasteiger partial charge on any atom is 0.573 e. The maximum absolute atomic E-state index is 12.4. The summed E-state index contributed by atoms with van der Waals surface area (Å²) in [6.45, 7) is 0. The van der Waals surface area contributed by atoms with E-state index in [1.165, 1.54) is 0 Å². The van der Waals surface area contributed by atoms with Gasteiger partial charge in [-0.25, -0.2) is 13.8 Å². The molecule has 1 heterocycles. The lowest BCUT2D eigenvalue weighted by atomic mass is 10.2. The predicted octanol–water partition coefficient (Wildman–Crippen LogP) is 2.64. The minimum atomic E-state index is -5.39. The molecule has 11 heteroatoms. The number of aromatic nitrogens is 1. The Morgan fingerprint density at radius 1 is 1.42 bits per heavy atom. The molecule has 104 valence electrons. The van der Waals surface area contributed by atoms with Gasteiger partial charge in [0.25, 0.3) is 6.43 Å². The van der Waals surface area contributed by atoms with Gasteiger partial charge in [-0.2, -0.15) is 0 Å². The van der Waals surface area contributed by atoms with Gasteiger partial charge in [0.2, 0.25) is 5.75 Å². The number of carbonyl (C=O) groups is 1. The number of carbonyl (C=O) groups excluding carboxylic acids is 1. The second kappa shape index (κ2) is 5.12. The molecule has 0 saturated heterocycles. The van der Waals surface area contributed by atoms with Gasteiger partial charge in [-0.1, -0.05) is 0 Å². The van der Waals surface area contributed by atoms with Crippen LogP contribution in [0.15, 0.2) is 6.20 Å². The lowest BCUT2D eigenvalue weighted by molar-refractivity contribution is -0.390. The summed E-state index contributed by atoms with van der Waals surface area (Å²) in [7, 11) is 0. The minimum Gasteiger partial charge on any atom is -0.397 e. The Balaban J connectivity index is 3.57. The first-order valence-electron chi connectivity index (χ1n) is 4.33. The molecule has 6 nitrogen and oxygen atoms in total. The van der Waals surface area contributed by atoms with Crippen LogP contribution in [0.3, 0.4) is 0 Å². The zero-order valence-corrected chi connectivity index (χ0v) is 8.65. The number of hydrogen-bond donors (Lipinski definition) is 0. The van der Waals surface area contributed by atoms with E-state index in [2.05, 4.69) is 9.72 Å². The second-order valence-corrected chi connectivity index (χ2v) is 3.00. The molecule has 0 fully saturated rings. The molecule has 0 amide bonds. The third-order valence-electron chi connectivity index (χ3n) is 1.80. The quantitative estimate of drug-likeness (QED) is 0.368. The van der Waals surface area contributed by atoms with Gasteiger partial charge in [0.05, 0.1) is 10.5 Å². The van der Waals surface area contributed by atoms with E-state index in [-0.39, 0.29) is 6.29 Å². The Morgan fingerprint density at radius 2 is 2.00 bits per heavy atom. The molecule has 0 aliphatic carbocycles. The zero-order chi connectivity index (χ0) is 14.8. The lowest BCUT2D eigenvalue weighted by Gasteiger charge is -2.12. The summed E-state index contributed by atoms with van der Waals surface area (Å²) in [5.74, 6) is -1.61. The van der Waals surface area contributed by atoms with Gasteiger partial charge in [-0.15, -0.1) is 13.2 Å². The van der Waals surface area contributed by atoms with Crippen molar-refractivity contribution in [3.63, 3.8) is 0 Å². The van der Waals surface area contributed by atoms with Crippen molar-refractivity contribution in [2.24, 2.45) is 0 Å². The molecule has 0 aromatic carbocycles. The summed E-state index contributed by atoms with van der Waals surface area (Å²) >= 11 is 0. The maximum atomic E-state index is 12.4. The summed E-state index contributed by atoms with van der Waals surface area (Å²) in [4.78, 5) is 22.4. The van der Waals surface area contributed by atoms with Crippen LogP contribution < -0.4 is 4.74 Å². The van der Waals surface area contributed by atoms with Crippen LogP contribution >= 0.6 is 0 Å². The van der Waals surface area contributed by atoms with Crippen LogP contribution in [0, 0.1) is 10.1 Å². The first-order chi connectivity index (χ1) is 8.67. The number of hydrogen-bond acceptors (Lipinski definition) is 5. The normalized spacial score (nSPS) is 11.5. The highest BCUT2D eigenvalue weighted by atomic mass is 19.4. The van der Waals surface area contributed by atoms with Gasteiger partial charge in [-0.05, 0) is 0 Å². The van der Waals surface area contributed by atoms with Crippen molar-refractivity contribution in [1.82, 2.24) is 4.98 Å². The van der Waals surface area contributed by atoms with Gasteiger partial charge in [-0.3, -0.25) is 14.9 Å². The topological polar surface area (TPSA) is 82.3 Å². The number of nitrogens with zero attached hydrogens (tertiary/aromatic N) is 2. The fourth-order valence-corrected chi connectivity index (χ4v) is 1.15. The summed E-state index contributed by atoms with van der Waals surface area (Å²) in [6, 6.07) is 0. The monoisotopic (exact) mass is 286 g/mol. The van der Waals surface area contributed by atoms with Crippen LogP contribution in [0.2, 0.25) is 0 Å². The van der Waals surface area contributed by atoms with E-state index in [0.29, 0.717) is 6.20 Å². The molecule has 1 aromatic heterocycles. The molecular weight excluding hydrogens is 283 g/mol. The van der Waals surface area contributed by atoms with Crippen LogP contribution in [0.1, 0.15) is 22.5 Å². The van der Waals surface area contributed by atoms with E-state index >= 15 is 0 Å². The first kappa shape index (κ1) is 14.7. The van der Waals surface area contributed by atoms with E-state index < -0.39 is 40.4 Å². The number of alkyl halides is 5. The standard InChI is InChI=1S/C8H3F5N2O4/c9-7(10)4-5(15(17)18)6(19-8(11,12)13)3(2-16)1-14-4/h1-2,7H. The second-order valence-electron chi connectivity index (χ2n) is 3.00. The number of aldehydes is 1. The van der Waals surface area contributed by atoms with E-state index in [0.717, 1.165) is 0 Å². The third-order valence-corrected chi connectivity index (χ3v) is 1.80. The SMILES string of the molecule is O=Cc1cnc(C(F)F)c([N+](=O)[O-])c1OC(F)(F)F. The highest BCUT2D eigenvalue weighted by molar-refractivity contribution is 5.82. The van der Waals surface area contributed by atoms with E-state index in [1.807, 2.05) is 0 Å². The molecule has 1 aromatic rings.